The Balaban J connectivity index is 3.79. The summed E-state index contributed by atoms with van der Waals surface area (Å²) in [5.41, 5.74) is 0. The van der Waals surface area contributed by atoms with Crippen LogP contribution in [0, 0.1) is 0 Å². The average molecular weight is 130 g/mol. The Morgan fingerprint density at radius 1 is 1.57 bits per heavy atom. The van der Waals surface area contributed by atoms with Gasteiger partial charge in [-0.05, 0) is 0 Å². The van der Waals surface area contributed by atoms with Gasteiger partial charge in [-0.15, -0.1) is 0 Å². The van der Waals surface area contributed by atoms with Crippen molar-refractivity contribution >= 4 is 18.7 Å². The molecular formula is C2HF3OS. The third-order valence-electron chi connectivity index (χ3n) is 0.236. The summed E-state index contributed by atoms with van der Waals surface area (Å²) in [7, 11) is 0. The lowest BCUT2D eigenvalue weighted by atomic mass is 10.8. The molecule has 0 spiro atoms. The van der Waals surface area contributed by atoms with Crippen molar-refractivity contribution in [2.75, 3.05) is 0 Å². The maximum Gasteiger partial charge on any atom is 0.381 e. The van der Waals surface area contributed by atoms with Crippen molar-refractivity contribution in [3.8, 4) is 0 Å². The molecule has 5 heteroatoms. The molecule has 0 aliphatic rings. The molecular weight excluding hydrogens is 129 g/mol. The molecule has 0 aromatic rings. The van der Waals surface area contributed by atoms with Crippen LogP contribution in [0.3, 0.4) is 0 Å². The molecule has 0 aromatic carbocycles. The average Bonchev–Trinajstić information content (AvgIpc) is 1.31. The van der Waals surface area contributed by atoms with Gasteiger partial charge in [0.1, 0.15) is 0 Å². The fraction of sp³-hybridized carbons (Fsp3) is 0.500. The van der Waals surface area contributed by atoms with Gasteiger partial charge in [-0.1, -0.05) is 12.6 Å². The summed E-state index contributed by atoms with van der Waals surface area (Å²) in [4.78, 5) is 8.97. The Kier molecular flexibility index (Phi) is 1.68. The smallest absolute Gasteiger partial charge is 0.253 e. The van der Waals surface area contributed by atoms with Gasteiger partial charge in [0.2, 0.25) is 0 Å². The van der Waals surface area contributed by atoms with Gasteiger partial charge in [0, 0.05) is 0 Å². The van der Waals surface area contributed by atoms with Gasteiger partial charge in [-0.25, -0.2) is 0 Å². The van der Waals surface area contributed by atoms with Crippen LogP contribution in [-0.2, 0) is 4.79 Å². The minimum absolute atomic E-state index is 2.29. The topological polar surface area (TPSA) is 17.1 Å². The molecule has 0 atom stereocenters. The summed E-state index contributed by atoms with van der Waals surface area (Å²) in [5, 5.41) is -4.11. The van der Waals surface area contributed by atoms with Crippen LogP contribution in [0.15, 0.2) is 0 Å². The van der Waals surface area contributed by atoms with E-state index in [4.69, 9.17) is 4.79 Å². The van der Waals surface area contributed by atoms with Crippen molar-refractivity contribution in [3.05, 3.63) is 0 Å². The first-order valence-corrected chi connectivity index (χ1v) is 1.69. The van der Waals surface area contributed by atoms with Crippen molar-refractivity contribution in [2.45, 2.75) is 5.25 Å². The highest BCUT2D eigenvalue weighted by molar-refractivity contribution is 7.82. The predicted molar refractivity (Wildman–Crippen MR) is 20.0 cm³/mol. The van der Waals surface area contributed by atoms with Crippen LogP contribution in [-0.4, -0.2) is 11.3 Å². The number of halogens is 3. The number of alkyl halides is 2. The highest BCUT2D eigenvalue weighted by Gasteiger charge is 2.33. The lowest BCUT2D eigenvalue weighted by molar-refractivity contribution is -0.143. The Morgan fingerprint density at radius 2 is 1.71 bits per heavy atom. The number of carbonyl (C=O) groups excluding carboxylic acids is 1. The number of carbonyl (C=O) groups is 1. The van der Waals surface area contributed by atoms with Gasteiger partial charge >= 0.3 is 11.3 Å². The Bertz CT molecular complexity index is 85.4. The summed E-state index contributed by atoms with van der Waals surface area (Å²) in [6.07, 6.45) is 0. The number of hydrogen-bond acceptors (Lipinski definition) is 2. The van der Waals surface area contributed by atoms with E-state index in [9.17, 15) is 13.2 Å². The van der Waals surface area contributed by atoms with Crippen LogP contribution in [0.4, 0.5) is 13.2 Å². The molecule has 42 valence electrons. The highest BCUT2D eigenvalue weighted by atomic mass is 32.1. The van der Waals surface area contributed by atoms with E-state index in [-0.39, 0.29) is 0 Å². The van der Waals surface area contributed by atoms with Gasteiger partial charge in [0.25, 0.3) is 0 Å². The molecule has 0 aliphatic heterocycles. The third kappa shape index (κ3) is 2.50. The minimum atomic E-state index is -4.11. The first-order chi connectivity index (χ1) is 2.94. The standard InChI is InChI=1S/C2HF3OS/c3-1(6)2(4,5)7/h7H. The van der Waals surface area contributed by atoms with Gasteiger partial charge in [0.15, 0.2) is 0 Å². The fourth-order valence-electron chi connectivity index (χ4n) is 0. The molecule has 1 nitrogen and oxygen atoms in total. The summed E-state index contributed by atoms with van der Waals surface area (Å²) in [6, 6.07) is -2.73. The van der Waals surface area contributed by atoms with Gasteiger partial charge < -0.3 is 0 Å². The molecule has 0 saturated heterocycles. The number of hydrogen-bond donors (Lipinski definition) is 1. The molecule has 0 unspecified atom stereocenters. The Hall–Kier alpha value is -0.190. The molecule has 0 saturated carbocycles. The SMILES string of the molecule is O=C(F)C(F)(F)S. The quantitative estimate of drug-likeness (QED) is 0.414. The lowest BCUT2D eigenvalue weighted by Crippen LogP contribution is -2.15. The van der Waals surface area contributed by atoms with E-state index < -0.39 is 11.3 Å². The van der Waals surface area contributed by atoms with Gasteiger partial charge in [0.05, 0.1) is 0 Å². The molecule has 0 heterocycles. The summed E-state index contributed by atoms with van der Waals surface area (Å²) in [6.45, 7) is 0. The summed E-state index contributed by atoms with van der Waals surface area (Å²) in [5.74, 6) is 0. The van der Waals surface area contributed by atoms with E-state index in [2.05, 4.69) is 12.6 Å². The van der Waals surface area contributed by atoms with Crippen LogP contribution in [0.1, 0.15) is 0 Å². The van der Waals surface area contributed by atoms with Gasteiger partial charge in [-0.2, -0.15) is 13.2 Å². The molecule has 0 rings (SSSR count). The molecule has 0 amide bonds. The molecule has 0 fully saturated rings. The van der Waals surface area contributed by atoms with E-state index >= 15 is 0 Å². The Labute approximate surface area is 42.9 Å². The second kappa shape index (κ2) is 1.73. The maximum absolute atomic E-state index is 11.0. The predicted octanol–water partition coefficient (Wildman–Crippen LogP) is 1.01. The van der Waals surface area contributed by atoms with Crippen molar-refractivity contribution in [1.82, 2.24) is 0 Å². The molecule has 0 N–H and O–H groups in total. The van der Waals surface area contributed by atoms with Crippen LogP contribution >= 0.6 is 12.6 Å². The molecule has 7 heavy (non-hydrogen) atoms. The van der Waals surface area contributed by atoms with Gasteiger partial charge in [-0.3, -0.25) is 4.79 Å². The largest absolute Gasteiger partial charge is 0.381 e. The third-order valence-corrected chi connectivity index (χ3v) is 0.412. The first kappa shape index (κ1) is 6.81. The van der Waals surface area contributed by atoms with Crippen molar-refractivity contribution in [2.24, 2.45) is 0 Å². The van der Waals surface area contributed by atoms with E-state index in [1.807, 2.05) is 0 Å². The van der Waals surface area contributed by atoms with Crippen molar-refractivity contribution in [1.29, 1.82) is 0 Å². The monoisotopic (exact) mass is 130 g/mol. The summed E-state index contributed by atoms with van der Waals surface area (Å²) >= 11 is 2.29. The normalized spacial score (nSPS) is 11.4. The second-order valence-electron chi connectivity index (χ2n) is 0.815. The van der Waals surface area contributed by atoms with Crippen LogP contribution in [0.25, 0.3) is 0 Å². The Morgan fingerprint density at radius 3 is 1.71 bits per heavy atom. The molecule has 0 aliphatic carbocycles. The lowest BCUT2D eigenvalue weighted by Gasteiger charge is -1.96. The maximum atomic E-state index is 11.0. The zero-order valence-electron chi connectivity index (χ0n) is 2.99. The van der Waals surface area contributed by atoms with Crippen LogP contribution in [0.5, 0.6) is 0 Å². The highest BCUT2D eigenvalue weighted by Crippen LogP contribution is 2.18. The van der Waals surface area contributed by atoms with Crippen LogP contribution < -0.4 is 0 Å². The van der Waals surface area contributed by atoms with E-state index in [0.29, 0.717) is 0 Å². The van der Waals surface area contributed by atoms with E-state index in [1.54, 1.807) is 0 Å². The van der Waals surface area contributed by atoms with E-state index in [0.717, 1.165) is 0 Å². The second-order valence-corrected chi connectivity index (χ2v) is 1.38. The minimum Gasteiger partial charge on any atom is -0.253 e. The van der Waals surface area contributed by atoms with E-state index in [1.165, 1.54) is 0 Å². The zero-order chi connectivity index (χ0) is 6.08. The molecule has 0 aromatic heterocycles. The summed E-state index contributed by atoms with van der Waals surface area (Å²) < 4.78 is 32.7. The first-order valence-electron chi connectivity index (χ1n) is 1.24. The molecule has 0 bridgehead atoms. The van der Waals surface area contributed by atoms with Crippen LogP contribution in [0.2, 0.25) is 0 Å². The van der Waals surface area contributed by atoms with Crippen molar-refractivity contribution in [3.63, 3.8) is 0 Å². The number of thiol groups is 1. The molecule has 0 radical (unpaired) electrons. The van der Waals surface area contributed by atoms with Crippen molar-refractivity contribution < 1.29 is 18.0 Å². The fourth-order valence-corrected chi connectivity index (χ4v) is 0. The number of rotatable bonds is 1. The zero-order valence-corrected chi connectivity index (χ0v) is 3.88.